The second-order valence-corrected chi connectivity index (χ2v) is 5.50. The molecule has 3 heterocycles. The summed E-state index contributed by atoms with van der Waals surface area (Å²) in [4.78, 5) is 6.97. The second-order valence-electron chi connectivity index (χ2n) is 4.48. The Kier molecular flexibility index (Phi) is 3.56. The summed E-state index contributed by atoms with van der Waals surface area (Å²) < 4.78 is 45.5. The summed E-state index contributed by atoms with van der Waals surface area (Å²) in [6, 6.07) is 0. The Bertz CT molecular complexity index is 636. The highest BCUT2D eigenvalue weighted by molar-refractivity contribution is 14.1. The third-order valence-electron chi connectivity index (χ3n) is 3.09. The molecule has 1 aliphatic rings. The minimum Gasteiger partial charge on any atom is -0.356 e. The highest BCUT2D eigenvalue weighted by atomic mass is 127. The molecule has 0 bridgehead atoms. The van der Waals surface area contributed by atoms with Gasteiger partial charge in [-0.25, -0.2) is 14.6 Å². The molecule has 2 aromatic rings. The summed E-state index contributed by atoms with van der Waals surface area (Å²) in [5, 5.41) is 4.25. The average molecular weight is 398 g/mol. The second kappa shape index (κ2) is 5.10. The summed E-state index contributed by atoms with van der Waals surface area (Å²) in [5.41, 5.74) is 0.677. The van der Waals surface area contributed by atoms with Crippen LogP contribution >= 0.6 is 22.6 Å². The molecular formula is C11H10F3IN4O. The van der Waals surface area contributed by atoms with E-state index in [1.54, 1.807) is 4.68 Å². The van der Waals surface area contributed by atoms with Crippen LogP contribution in [0.1, 0.15) is 31.3 Å². The maximum Gasteiger partial charge on any atom is 0.451 e. The Labute approximate surface area is 125 Å². The van der Waals surface area contributed by atoms with Crippen LogP contribution in [0.3, 0.4) is 0 Å². The van der Waals surface area contributed by atoms with E-state index in [0.717, 1.165) is 25.5 Å². The van der Waals surface area contributed by atoms with Gasteiger partial charge in [0.15, 0.2) is 6.23 Å². The molecule has 1 unspecified atom stereocenters. The van der Waals surface area contributed by atoms with Crippen molar-refractivity contribution in [2.75, 3.05) is 6.61 Å². The van der Waals surface area contributed by atoms with Crippen LogP contribution in [-0.2, 0) is 10.9 Å². The van der Waals surface area contributed by atoms with Crippen molar-refractivity contribution in [3.8, 4) is 0 Å². The first-order valence-corrected chi connectivity index (χ1v) is 7.14. The summed E-state index contributed by atoms with van der Waals surface area (Å²) in [5.74, 6) is -1.15. The number of fused-ring (bicyclic) bond motifs is 1. The Morgan fingerprint density at radius 2 is 2.15 bits per heavy atom. The number of hydrogen-bond acceptors (Lipinski definition) is 4. The molecule has 9 heteroatoms. The number of ether oxygens (including phenoxy) is 1. The van der Waals surface area contributed by atoms with Crippen LogP contribution in [0, 0.1) is 3.70 Å². The fourth-order valence-electron chi connectivity index (χ4n) is 2.16. The van der Waals surface area contributed by atoms with E-state index >= 15 is 0 Å². The number of alkyl halides is 3. The standard InChI is InChI=1S/C11H10F3IN4O/c12-11(13,14)10-16-5-6-8(17-10)9(15)18-19(6)7-3-1-2-4-20-7/h5,7H,1-4H2. The van der Waals surface area contributed by atoms with E-state index in [4.69, 9.17) is 4.74 Å². The fraction of sp³-hybridized carbons (Fsp3) is 0.545. The number of nitrogens with zero attached hydrogens (tertiary/aromatic N) is 4. The molecule has 0 aromatic carbocycles. The lowest BCUT2D eigenvalue weighted by atomic mass is 10.2. The van der Waals surface area contributed by atoms with E-state index in [1.165, 1.54) is 0 Å². The van der Waals surface area contributed by atoms with Gasteiger partial charge < -0.3 is 4.74 Å². The van der Waals surface area contributed by atoms with Gasteiger partial charge in [0.25, 0.3) is 0 Å². The van der Waals surface area contributed by atoms with Crippen LogP contribution in [0.15, 0.2) is 6.20 Å². The van der Waals surface area contributed by atoms with Gasteiger partial charge in [-0.1, -0.05) is 0 Å². The summed E-state index contributed by atoms with van der Waals surface area (Å²) in [6.45, 7) is 0.629. The van der Waals surface area contributed by atoms with E-state index in [9.17, 15) is 13.2 Å². The topological polar surface area (TPSA) is 52.8 Å². The van der Waals surface area contributed by atoms with Gasteiger partial charge in [-0.2, -0.15) is 18.3 Å². The van der Waals surface area contributed by atoms with Crippen molar-refractivity contribution in [2.45, 2.75) is 31.7 Å². The van der Waals surface area contributed by atoms with Gasteiger partial charge in [-0.05, 0) is 41.9 Å². The smallest absolute Gasteiger partial charge is 0.356 e. The predicted molar refractivity (Wildman–Crippen MR) is 71.9 cm³/mol. The highest BCUT2D eigenvalue weighted by Crippen LogP contribution is 2.31. The minimum atomic E-state index is -4.55. The number of rotatable bonds is 1. The SMILES string of the molecule is FC(F)(F)c1ncc2c(n1)c(I)nn2C1CCCCO1. The van der Waals surface area contributed by atoms with Crippen LogP contribution in [0.4, 0.5) is 13.2 Å². The van der Waals surface area contributed by atoms with E-state index in [2.05, 4.69) is 15.1 Å². The molecule has 1 fully saturated rings. The summed E-state index contributed by atoms with van der Waals surface area (Å²) in [7, 11) is 0. The number of hydrogen-bond donors (Lipinski definition) is 0. The number of halogens is 4. The first-order valence-electron chi connectivity index (χ1n) is 6.06. The zero-order valence-corrected chi connectivity index (χ0v) is 12.3. The molecule has 0 N–H and O–H groups in total. The maximum absolute atomic E-state index is 12.6. The lowest BCUT2D eigenvalue weighted by Crippen LogP contribution is -2.19. The van der Waals surface area contributed by atoms with E-state index < -0.39 is 12.0 Å². The first-order chi connectivity index (χ1) is 9.47. The monoisotopic (exact) mass is 398 g/mol. The highest BCUT2D eigenvalue weighted by Gasteiger charge is 2.35. The summed E-state index contributed by atoms with van der Waals surface area (Å²) >= 11 is 1.87. The minimum absolute atomic E-state index is 0.210. The summed E-state index contributed by atoms with van der Waals surface area (Å²) in [6.07, 6.45) is -0.867. The van der Waals surface area contributed by atoms with Crippen LogP contribution in [0.25, 0.3) is 11.0 Å². The molecule has 1 aliphatic heterocycles. The largest absolute Gasteiger partial charge is 0.451 e. The van der Waals surface area contributed by atoms with Gasteiger partial charge in [0, 0.05) is 6.61 Å². The molecule has 0 aliphatic carbocycles. The molecule has 2 aromatic heterocycles. The van der Waals surface area contributed by atoms with E-state index in [0.29, 0.717) is 15.8 Å². The molecule has 108 valence electrons. The van der Waals surface area contributed by atoms with Crippen molar-refractivity contribution in [3.63, 3.8) is 0 Å². The van der Waals surface area contributed by atoms with E-state index in [1.807, 2.05) is 22.6 Å². The van der Waals surface area contributed by atoms with Crippen molar-refractivity contribution >= 4 is 33.6 Å². The van der Waals surface area contributed by atoms with E-state index in [-0.39, 0.29) is 11.7 Å². The van der Waals surface area contributed by atoms with Gasteiger partial charge in [0.1, 0.15) is 14.7 Å². The Balaban J connectivity index is 2.07. The van der Waals surface area contributed by atoms with Gasteiger partial charge in [0.2, 0.25) is 5.82 Å². The van der Waals surface area contributed by atoms with Crippen LogP contribution in [0.2, 0.25) is 0 Å². The first kappa shape index (κ1) is 14.0. The zero-order chi connectivity index (χ0) is 14.3. The average Bonchev–Trinajstić information content (AvgIpc) is 2.76. The molecule has 1 saturated heterocycles. The number of aromatic nitrogens is 4. The predicted octanol–water partition coefficient (Wildman–Crippen LogP) is 3.15. The Morgan fingerprint density at radius 1 is 1.35 bits per heavy atom. The van der Waals surface area contributed by atoms with Crippen molar-refractivity contribution < 1.29 is 17.9 Å². The van der Waals surface area contributed by atoms with Gasteiger partial charge in [-0.3, -0.25) is 0 Å². The molecule has 0 radical (unpaired) electrons. The fourth-order valence-corrected chi connectivity index (χ4v) is 2.79. The quantitative estimate of drug-likeness (QED) is 0.693. The maximum atomic E-state index is 12.6. The molecule has 3 rings (SSSR count). The molecule has 1 atom stereocenters. The lowest BCUT2D eigenvalue weighted by molar-refractivity contribution is -0.144. The van der Waals surface area contributed by atoms with Gasteiger partial charge >= 0.3 is 6.18 Å². The van der Waals surface area contributed by atoms with Crippen LogP contribution < -0.4 is 0 Å². The third-order valence-corrected chi connectivity index (χ3v) is 3.82. The normalized spacial score (nSPS) is 20.5. The van der Waals surface area contributed by atoms with Crippen LogP contribution in [-0.4, -0.2) is 26.4 Å². The van der Waals surface area contributed by atoms with Crippen molar-refractivity contribution in [2.24, 2.45) is 0 Å². The Morgan fingerprint density at radius 3 is 2.80 bits per heavy atom. The van der Waals surface area contributed by atoms with Gasteiger partial charge in [0.05, 0.1) is 6.20 Å². The van der Waals surface area contributed by atoms with Crippen molar-refractivity contribution in [1.82, 2.24) is 19.7 Å². The molecule has 0 saturated carbocycles. The zero-order valence-electron chi connectivity index (χ0n) is 10.2. The van der Waals surface area contributed by atoms with Crippen LogP contribution in [0.5, 0.6) is 0 Å². The molecule has 0 spiro atoms. The molecule has 5 nitrogen and oxygen atoms in total. The molecule has 20 heavy (non-hydrogen) atoms. The molecular weight excluding hydrogens is 388 g/mol. The van der Waals surface area contributed by atoms with Crippen molar-refractivity contribution in [1.29, 1.82) is 0 Å². The van der Waals surface area contributed by atoms with Crippen molar-refractivity contribution in [3.05, 3.63) is 15.7 Å². The molecule has 0 amide bonds. The lowest BCUT2D eigenvalue weighted by Gasteiger charge is -2.23. The van der Waals surface area contributed by atoms with Gasteiger partial charge in [-0.15, -0.1) is 0 Å². The Hall–Kier alpha value is -0.970. The third kappa shape index (κ3) is 2.48.